The second-order valence-electron chi connectivity index (χ2n) is 4.83. The van der Waals surface area contributed by atoms with E-state index in [1.807, 2.05) is 6.08 Å². The van der Waals surface area contributed by atoms with Crippen LogP contribution in [0, 0.1) is 5.92 Å². The fraction of sp³-hybridized carbons (Fsp3) is 0.833. The van der Waals surface area contributed by atoms with Gasteiger partial charge in [0.1, 0.15) is 0 Å². The maximum absolute atomic E-state index is 6.09. The van der Waals surface area contributed by atoms with Crippen molar-refractivity contribution in [1.82, 2.24) is 4.90 Å². The Kier molecular flexibility index (Phi) is 3.24. The van der Waals surface area contributed by atoms with Crippen LogP contribution >= 0.6 is 0 Å². The maximum atomic E-state index is 6.09. The lowest BCUT2D eigenvalue weighted by atomic mass is 10.0. The molecule has 2 nitrogen and oxygen atoms in total. The second kappa shape index (κ2) is 4.45. The molecule has 14 heavy (non-hydrogen) atoms. The SMILES string of the molecule is C=CCN(CC1CCCC1N)C1CC1. The smallest absolute Gasteiger partial charge is 0.0163 e. The van der Waals surface area contributed by atoms with Crippen LogP contribution in [-0.2, 0) is 0 Å². The first-order valence-corrected chi connectivity index (χ1v) is 5.92. The quantitative estimate of drug-likeness (QED) is 0.676. The van der Waals surface area contributed by atoms with Crippen LogP contribution < -0.4 is 5.73 Å². The number of nitrogens with zero attached hydrogens (tertiary/aromatic N) is 1. The van der Waals surface area contributed by atoms with Gasteiger partial charge in [-0.2, -0.15) is 0 Å². The van der Waals surface area contributed by atoms with Crippen molar-refractivity contribution in [2.75, 3.05) is 13.1 Å². The van der Waals surface area contributed by atoms with Crippen LogP contribution in [0.15, 0.2) is 12.7 Å². The molecule has 0 aromatic heterocycles. The van der Waals surface area contributed by atoms with Gasteiger partial charge in [0.25, 0.3) is 0 Å². The van der Waals surface area contributed by atoms with Crippen LogP contribution in [0.4, 0.5) is 0 Å². The lowest BCUT2D eigenvalue weighted by Crippen LogP contribution is -2.37. The molecule has 2 fully saturated rings. The summed E-state index contributed by atoms with van der Waals surface area (Å²) in [6.07, 6.45) is 8.70. The van der Waals surface area contributed by atoms with E-state index in [9.17, 15) is 0 Å². The van der Waals surface area contributed by atoms with Gasteiger partial charge in [-0.1, -0.05) is 12.5 Å². The molecule has 80 valence electrons. The van der Waals surface area contributed by atoms with Crippen LogP contribution in [-0.4, -0.2) is 30.1 Å². The third-order valence-corrected chi connectivity index (χ3v) is 3.61. The van der Waals surface area contributed by atoms with Crippen molar-refractivity contribution in [2.45, 2.75) is 44.2 Å². The fourth-order valence-corrected chi connectivity index (χ4v) is 2.57. The molecule has 2 saturated carbocycles. The number of hydrogen-bond acceptors (Lipinski definition) is 2. The summed E-state index contributed by atoms with van der Waals surface area (Å²) >= 11 is 0. The van der Waals surface area contributed by atoms with Crippen LogP contribution in [0.3, 0.4) is 0 Å². The van der Waals surface area contributed by atoms with E-state index in [-0.39, 0.29) is 0 Å². The molecular weight excluding hydrogens is 172 g/mol. The van der Waals surface area contributed by atoms with Gasteiger partial charge >= 0.3 is 0 Å². The summed E-state index contributed by atoms with van der Waals surface area (Å²) in [5.41, 5.74) is 6.09. The summed E-state index contributed by atoms with van der Waals surface area (Å²) < 4.78 is 0. The van der Waals surface area contributed by atoms with Gasteiger partial charge in [0, 0.05) is 25.2 Å². The van der Waals surface area contributed by atoms with Gasteiger partial charge in [0.2, 0.25) is 0 Å². The molecule has 0 amide bonds. The summed E-state index contributed by atoms with van der Waals surface area (Å²) in [6.45, 7) is 6.09. The zero-order chi connectivity index (χ0) is 9.97. The molecule has 0 heterocycles. The largest absolute Gasteiger partial charge is 0.327 e. The molecule has 0 aromatic rings. The van der Waals surface area contributed by atoms with Crippen molar-refractivity contribution < 1.29 is 0 Å². The zero-order valence-corrected chi connectivity index (χ0v) is 8.99. The van der Waals surface area contributed by atoms with Gasteiger partial charge in [-0.05, 0) is 31.6 Å². The van der Waals surface area contributed by atoms with Crippen molar-refractivity contribution in [3.8, 4) is 0 Å². The highest BCUT2D eigenvalue weighted by Gasteiger charge is 2.32. The van der Waals surface area contributed by atoms with Crippen molar-refractivity contribution in [2.24, 2.45) is 11.7 Å². The van der Waals surface area contributed by atoms with Gasteiger partial charge in [0.05, 0.1) is 0 Å². The average Bonchev–Trinajstić information content (AvgIpc) is 2.93. The molecule has 2 unspecified atom stereocenters. The first-order chi connectivity index (χ1) is 6.81. The number of hydrogen-bond donors (Lipinski definition) is 1. The van der Waals surface area contributed by atoms with Crippen LogP contribution in [0.5, 0.6) is 0 Å². The predicted octanol–water partition coefficient (Wildman–Crippen LogP) is 1.76. The lowest BCUT2D eigenvalue weighted by molar-refractivity contribution is 0.234. The molecular formula is C12H22N2. The molecule has 2 aliphatic carbocycles. The van der Waals surface area contributed by atoms with Gasteiger partial charge < -0.3 is 5.73 Å². The second-order valence-corrected chi connectivity index (χ2v) is 4.83. The Morgan fingerprint density at radius 2 is 2.07 bits per heavy atom. The van der Waals surface area contributed by atoms with E-state index in [1.54, 1.807) is 0 Å². The van der Waals surface area contributed by atoms with Gasteiger partial charge in [-0.15, -0.1) is 6.58 Å². The number of rotatable bonds is 5. The van der Waals surface area contributed by atoms with Crippen molar-refractivity contribution in [3.05, 3.63) is 12.7 Å². The maximum Gasteiger partial charge on any atom is 0.0163 e. The highest BCUT2D eigenvalue weighted by atomic mass is 15.2. The van der Waals surface area contributed by atoms with Gasteiger partial charge in [-0.25, -0.2) is 0 Å². The van der Waals surface area contributed by atoms with Crippen LogP contribution in [0.25, 0.3) is 0 Å². The monoisotopic (exact) mass is 194 g/mol. The predicted molar refractivity (Wildman–Crippen MR) is 60.1 cm³/mol. The Morgan fingerprint density at radius 1 is 1.29 bits per heavy atom. The molecule has 2 aliphatic rings. The topological polar surface area (TPSA) is 29.3 Å². The Balaban J connectivity index is 1.82. The standard InChI is InChI=1S/C12H22N2/c1-2-8-14(11-6-7-11)9-10-4-3-5-12(10)13/h2,10-12H,1,3-9,13H2. The van der Waals surface area contributed by atoms with Crippen molar-refractivity contribution >= 4 is 0 Å². The molecule has 0 saturated heterocycles. The van der Waals surface area contributed by atoms with E-state index in [0.717, 1.165) is 18.5 Å². The van der Waals surface area contributed by atoms with Crippen molar-refractivity contribution in [1.29, 1.82) is 0 Å². The van der Waals surface area contributed by atoms with E-state index >= 15 is 0 Å². The highest BCUT2D eigenvalue weighted by Crippen LogP contribution is 2.31. The van der Waals surface area contributed by atoms with Gasteiger partial charge in [0.15, 0.2) is 0 Å². The van der Waals surface area contributed by atoms with Crippen LogP contribution in [0.1, 0.15) is 32.1 Å². The zero-order valence-electron chi connectivity index (χ0n) is 8.99. The molecule has 0 aliphatic heterocycles. The van der Waals surface area contributed by atoms with E-state index in [4.69, 9.17) is 5.73 Å². The highest BCUT2D eigenvalue weighted by molar-refractivity contribution is 4.91. The normalized spacial score (nSPS) is 32.4. The minimum atomic E-state index is 0.459. The number of nitrogens with two attached hydrogens (primary N) is 1. The summed E-state index contributed by atoms with van der Waals surface area (Å²) in [5.74, 6) is 0.746. The van der Waals surface area contributed by atoms with E-state index in [2.05, 4.69) is 11.5 Å². The molecule has 2 rings (SSSR count). The van der Waals surface area contributed by atoms with E-state index in [0.29, 0.717) is 6.04 Å². The molecule has 0 radical (unpaired) electrons. The Morgan fingerprint density at radius 3 is 2.57 bits per heavy atom. The molecule has 2 N–H and O–H groups in total. The molecule has 2 atom stereocenters. The molecule has 0 bridgehead atoms. The van der Waals surface area contributed by atoms with E-state index < -0.39 is 0 Å². The third-order valence-electron chi connectivity index (χ3n) is 3.61. The van der Waals surface area contributed by atoms with E-state index in [1.165, 1.54) is 38.6 Å². The summed E-state index contributed by atoms with van der Waals surface area (Å²) in [7, 11) is 0. The Hall–Kier alpha value is -0.340. The Bertz CT molecular complexity index is 198. The summed E-state index contributed by atoms with van der Waals surface area (Å²) in [5, 5.41) is 0. The lowest BCUT2D eigenvalue weighted by Gasteiger charge is -2.26. The molecule has 2 heteroatoms. The summed E-state index contributed by atoms with van der Waals surface area (Å²) in [6, 6.07) is 1.31. The minimum Gasteiger partial charge on any atom is -0.327 e. The summed E-state index contributed by atoms with van der Waals surface area (Å²) in [4.78, 5) is 2.57. The van der Waals surface area contributed by atoms with Crippen molar-refractivity contribution in [3.63, 3.8) is 0 Å². The molecule has 0 aromatic carbocycles. The first kappa shape index (κ1) is 10.2. The third kappa shape index (κ3) is 2.37. The Labute approximate surface area is 87.2 Å². The van der Waals surface area contributed by atoms with Crippen LogP contribution in [0.2, 0.25) is 0 Å². The van der Waals surface area contributed by atoms with Gasteiger partial charge in [-0.3, -0.25) is 4.90 Å². The first-order valence-electron chi connectivity index (χ1n) is 5.92. The average molecular weight is 194 g/mol. The molecule has 0 spiro atoms. The minimum absolute atomic E-state index is 0.459. The fourth-order valence-electron chi connectivity index (χ4n) is 2.57.